The van der Waals surface area contributed by atoms with Crippen LogP contribution in [0.25, 0.3) is 0 Å². The second kappa shape index (κ2) is 5.39. The molecule has 0 aliphatic rings. The van der Waals surface area contributed by atoms with Gasteiger partial charge in [-0.2, -0.15) is 0 Å². The zero-order valence-electron chi connectivity index (χ0n) is 9.29. The van der Waals surface area contributed by atoms with E-state index < -0.39 is 22.5 Å². The number of nitrogens with one attached hydrogen (secondary N) is 2. The van der Waals surface area contributed by atoms with Crippen LogP contribution in [-0.4, -0.2) is 18.7 Å². The standard InChI is InChI=1S/C10H8ClN3O4S/c11-6-2-1-3-7(4-6)14(19(17)18)8-5-12-10(16)13-9(8)15/h1-5H,(H,17,18)(H2,12,13,15,16). The number of rotatable bonds is 3. The molecule has 1 heterocycles. The average Bonchev–Trinajstić information content (AvgIpc) is 2.32. The molecule has 3 N–H and O–H groups in total. The predicted octanol–water partition coefficient (Wildman–Crippen LogP) is 0.991. The van der Waals surface area contributed by atoms with Crippen molar-refractivity contribution < 1.29 is 8.76 Å². The van der Waals surface area contributed by atoms with Crippen LogP contribution in [0.5, 0.6) is 0 Å². The van der Waals surface area contributed by atoms with Crippen molar-refractivity contribution >= 4 is 34.2 Å². The molecule has 0 radical (unpaired) electrons. The van der Waals surface area contributed by atoms with Gasteiger partial charge in [-0.25, -0.2) is 13.3 Å². The average molecular weight is 302 g/mol. The minimum Gasteiger partial charge on any atom is -0.312 e. The Labute approximate surface area is 114 Å². The number of nitrogens with zero attached hydrogens (tertiary/aromatic N) is 1. The molecule has 0 fully saturated rings. The Morgan fingerprint density at radius 2 is 2.05 bits per heavy atom. The van der Waals surface area contributed by atoms with Gasteiger partial charge in [0, 0.05) is 11.2 Å². The fourth-order valence-electron chi connectivity index (χ4n) is 1.47. The highest BCUT2D eigenvalue weighted by atomic mass is 35.5. The van der Waals surface area contributed by atoms with Crippen molar-refractivity contribution in [3.63, 3.8) is 0 Å². The van der Waals surface area contributed by atoms with Crippen molar-refractivity contribution in [3.05, 3.63) is 56.3 Å². The minimum absolute atomic E-state index is 0.178. The van der Waals surface area contributed by atoms with Gasteiger partial charge in [0.15, 0.2) is 0 Å². The molecule has 1 atom stereocenters. The summed E-state index contributed by atoms with van der Waals surface area (Å²) in [5.41, 5.74) is -1.43. The third-order valence-electron chi connectivity index (χ3n) is 2.22. The maximum absolute atomic E-state index is 11.6. The molecule has 1 aromatic carbocycles. The highest BCUT2D eigenvalue weighted by Gasteiger charge is 2.18. The second-order valence-electron chi connectivity index (χ2n) is 3.46. The van der Waals surface area contributed by atoms with Gasteiger partial charge in [0.25, 0.3) is 16.8 Å². The summed E-state index contributed by atoms with van der Waals surface area (Å²) in [5, 5.41) is 0.341. The SMILES string of the molecule is O=c1[nH]cc(N(c2cccc(Cl)c2)S(=O)O)c(=O)[nH]1. The Balaban J connectivity index is 2.61. The number of hydrogen-bond donors (Lipinski definition) is 3. The summed E-state index contributed by atoms with van der Waals surface area (Å²) in [6.45, 7) is 0. The van der Waals surface area contributed by atoms with Crippen molar-refractivity contribution in [1.82, 2.24) is 9.97 Å². The van der Waals surface area contributed by atoms with E-state index in [9.17, 15) is 18.4 Å². The van der Waals surface area contributed by atoms with E-state index >= 15 is 0 Å². The summed E-state index contributed by atoms with van der Waals surface area (Å²) in [4.78, 5) is 26.8. The van der Waals surface area contributed by atoms with Crippen LogP contribution in [0.2, 0.25) is 5.02 Å². The summed E-state index contributed by atoms with van der Waals surface area (Å²) in [7, 11) is 0. The van der Waals surface area contributed by atoms with Crippen molar-refractivity contribution in [1.29, 1.82) is 0 Å². The van der Waals surface area contributed by atoms with E-state index in [1.807, 2.05) is 4.98 Å². The summed E-state index contributed by atoms with van der Waals surface area (Å²) in [5.74, 6) is 0. The maximum atomic E-state index is 11.6. The second-order valence-corrected chi connectivity index (χ2v) is 4.73. The van der Waals surface area contributed by atoms with Crippen LogP contribution < -0.4 is 15.6 Å². The minimum atomic E-state index is -2.50. The van der Waals surface area contributed by atoms with E-state index in [0.29, 0.717) is 5.02 Å². The number of aromatic nitrogens is 2. The van der Waals surface area contributed by atoms with E-state index in [4.69, 9.17) is 11.6 Å². The maximum Gasteiger partial charge on any atom is 0.325 e. The van der Waals surface area contributed by atoms with Gasteiger partial charge in [-0.1, -0.05) is 17.7 Å². The van der Waals surface area contributed by atoms with E-state index in [1.165, 1.54) is 12.1 Å². The van der Waals surface area contributed by atoms with Gasteiger partial charge in [0.05, 0.1) is 5.69 Å². The molecule has 7 nitrogen and oxygen atoms in total. The Hall–Kier alpha value is -1.90. The van der Waals surface area contributed by atoms with Gasteiger partial charge < -0.3 is 4.98 Å². The first-order valence-electron chi connectivity index (χ1n) is 4.97. The molecule has 0 amide bonds. The number of aromatic amines is 2. The molecule has 0 saturated carbocycles. The van der Waals surface area contributed by atoms with Gasteiger partial charge in [0.2, 0.25) is 0 Å². The molecule has 0 aliphatic heterocycles. The number of anilines is 2. The molecule has 2 rings (SSSR count). The zero-order valence-corrected chi connectivity index (χ0v) is 10.9. The summed E-state index contributed by atoms with van der Waals surface area (Å²) < 4.78 is 21.5. The lowest BCUT2D eigenvalue weighted by atomic mass is 10.3. The molecule has 0 spiro atoms. The van der Waals surface area contributed by atoms with E-state index in [2.05, 4.69) is 4.98 Å². The molecule has 1 aromatic heterocycles. The lowest BCUT2D eigenvalue weighted by Gasteiger charge is -2.18. The van der Waals surface area contributed by atoms with Gasteiger partial charge in [-0.05, 0) is 18.2 Å². The van der Waals surface area contributed by atoms with Gasteiger partial charge >= 0.3 is 5.69 Å². The molecule has 100 valence electrons. The monoisotopic (exact) mass is 301 g/mol. The normalized spacial score (nSPS) is 12.1. The smallest absolute Gasteiger partial charge is 0.312 e. The lowest BCUT2D eigenvalue weighted by molar-refractivity contribution is 0.564. The third kappa shape index (κ3) is 2.92. The number of H-pyrrole nitrogens is 2. The molecule has 9 heteroatoms. The first-order chi connectivity index (χ1) is 8.99. The molecular formula is C10H8ClN3O4S. The largest absolute Gasteiger partial charge is 0.325 e. The van der Waals surface area contributed by atoms with Crippen LogP contribution in [0.1, 0.15) is 0 Å². The highest BCUT2D eigenvalue weighted by molar-refractivity contribution is 7.81. The topological polar surface area (TPSA) is 106 Å². The number of halogens is 1. The van der Waals surface area contributed by atoms with E-state index in [0.717, 1.165) is 10.5 Å². The van der Waals surface area contributed by atoms with Gasteiger partial charge in [-0.15, -0.1) is 0 Å². The zero-order chi connectivity index (χ0) is 14.0. The lowest BCUT2D eigenvalue weighted by Crippen LogP contribution is -2.30. The van der Waals surface area contributed by atoms with Crippen molar-refractivity contribution in [2.75, 3.05) is 4.31 Å². The molecule has 0 bridgehead atoms. The van der Waals surface area contributed by atoms with E-state index in [1.54, 1.807) is 12.1 Å². The first-order valence-corrected chi connectivity index (χ1v) is 6.42. The molecule has 1 unspecified atom stereocenters. The van der Waals surface area contributed by atoms with Crippen LogP contribution in [0.15, 0.2) is 40.1 Å². The van der Waals surface area contributed by atoms with E-state index in [-0.39, 0.29) is 11.4 Å². The summed E-state index contributed by atoms with van der Waals surface area (Å²) in [6.07, 6.45) is 1.05. The number of benzene rings is 1. The van der Waals surface area contributed by atoms with Crippen LogP contribution >= 0.6 is 11.6 Å². The Bertz CT molecular complexity index is 742. The Morgan fingerprint density at radius 1 is 1.32 bits per heavy atom. The Kier molecular flexibility index (Phi) is 3.84. The molecular weight excluding hydrogens is 294 g/mol. The van der Waals surface area contributed by atoms with Crippen LogP contribution in [0, 0.1) is 0 Å². The van der Waals surface area contributed by atoms with Crippen molar-refractivity contribution in [3.8, 4) is 0 Å². The first kappa shape index (κ1) is 13.5. The third-order valence-corrected chi connectivity index (χ3v) is 3.17. The summed E-state index contributed by atoms with van der Waals surface area (Å²) in [6, 6.07) is 6.07. The molecule has 19 heavy (non-hydrogen) atoms. The van der Waals surface area contributed by atoms with Crippen molar-refractivity contribution in [2.24, 2.45) is 0 Å². The van der Waals surface area contributed by atoms with Gasteiger partial charge in [0.1, 0.15) is 5.69 Å². The fraction of sp³-hybridized carbons (Fsp3) is 0. The Morgan fingerprint density at radius 3 is 2.63 bits per heavy atom. The fourth-order valence-corrected chi connectivity index (χ4v) is 2.25. The summed E-state index contributed by atoms with van der Waals surface area (Å²) >= 11 is 3.30. The molecule has 0 aliphatic carbocycles. The molecule has 2 aromatic rings. The van der Waals surface area contributed by atoms with Crippen LogP contribution in [-0.2, 0) is 11.3 Å². The quantitative estimate of drug-likeness (QED) is 0.735. The predicted molar refractivity (Wildman–Crippen MR) is 72.0 cm³/mol. The van der Waals surface area contributed by atoms with Crippen LogP contribution in [0.3, 0.4) is 0 Å². The highest BCUT2D eigenvalue weighted by Crippen LogP contribution is 2.25. The molecule has 0 saturated heterocycles. The van der Waals surface area contributed by atoms with Crippen molar-refractivity contribution in [2.45, 2.75) is 0 Å². The van der Waals surface area contributed by atoms with Gasteiger partial charge in [-0.3, -0.25) is 14.3 Å². The number of hydrogen-bond acceptors (Lipinski definition) is 3. The van der Waals surface area contributed by atoms with Crippen LogP contribution in [0.4, 0.5) is 11.4 Å².